The van der Waals surface area contributed by atoms with E-state index in [0.717, 1.165) is 22.8 Å². The summed E-state index contributed by atoms with van der Waals surface area (Å²) in [7, 11) is 0. The molecule has 0 radical (unpaired) electrons. The van der Waals surface area contributed by atoms with E-state index in [1.54, 1.807) is 0 Å². The maximum absolute atomic E-state index is 4.69. The number of nitrogens with zero attached hydrogens (tertiary/aromatic N) is 2. The van der Waals surface area contributed by atoms with Crippen LogP contribution in [0.2, 0.25) is 0 Å². The monoisotopic (exact) mass is 371 g/mol. The van der Waals surface area contributed by atoms with Gasteiger partial charge in [-0.2, -0.15) is 11.8 Å². The number of aromatic nitrogens is 2. The number of nitrogens with one attached hydrogen (secondary N) is 1. The Hall–Kier alpha value is -0.290. The van der Waals surface area contributed by atoms with Crippen molar-refractivity contribution in [3.63, 3.8) is 0 Å². The van der Waals surface area contributed by atoms with Crippen molar-refractivity contribution in [1.82, 2.24) is 9.97 Å². The minimum atomic E-state index is -0.0394. The van der Waals surface area contributed by atoms with Crippen molar-refractivity contribution in [3.05, 3.63) is 16.5 Å². The van der Waals surface area contributed by atoms with Crippen LogP contribution in [0.3, 0.4) is 0 Å². The van der Waals surface area contributed by atoms with Crippen LogP contribution < -0.4 is 5.32 Å². The Morgan fingerprint density at radius 2 is 1.90 bits per heavy atom. The summed E-state index contributed by atoms with van der Waals surface area (Å²) in [6, 6.07) is 1.98. The fourth-order valence-corrected chi connectivity index (χ4v) is 4.04. The first-order valence-electron chi connectivity index (χ1n) is 7.69. The van der Waals surface area contributed by atoms with Crippen molar-refractivity contribution >= 4 is 33.5 Å². The molecule has 21 heavy (non-hydrogen) atoms. The van der Waals surface area contributed by atoms with Gasteiger partial charge in [-0.3, -0.25) is 0 Å². The minimum absolute atomic E-state index is 0.0394. The molecule has 0 atom stereocenters. The molecular formula is C16H26BrN3S. The highest BCUT2D eigenvalue weighted by molar-refractivity contribution is 9.10. The maximum Gasteiger partial charge on any atom is 0.137 e. The highest BCUT2D eigenvalue weighted by atomic mass is 79.9. The summed E-state index contributed by atoms with van der Waals surface area (Å²) in [4.78, 5) is 9.19. The number of anilines is 1. The van der Waals surface area contributed by atoms with Gasteiger partial charge in [0.2, 0.25) is 0 Å². The number of rotatable bonds is 4. The van der Waals surface area contributed by atoms with Gasteiger partial charge in [0.1, 0.15) is 16.2 Å². The van der Waals surface area contributed by atoms with E-state index in [1.165, 1.54) is 32.1 Å². The molecule has 1 aliphatic carbocycles. The van der Waals surface area contributed by atoms with Crippen LogP contribution in [0.15, 0.2) is 10.7 Å². The lowest BCUT2D eigenvalue weighted by molar-refractivity contribution is 0.411. The molecule has 1 saturated carbocycles. The fraction of sp³-hybridized carbons (Fsp3) is 0.750. The van der Waals surface area contributed by atoms with E-state index in [0.29, 0.717) is 4.75 Å². The van der Waals surface area contributed by atoms with Gasteiger partial charge in [0.15, 0.2) is 0 Å². The SMILES string of the molecule is CSC1(CNc2cc(Br)nc(C(C)(C)C)n2)CCCCC1. The quantitative estimate of drug-likeness (QED) is 0.754. The van der Waals surface area contributed by atoms with Gasteiger partial charge in [0.05, 0.1) is 0 Å². The van der Waals surface area contributed by atoms with Crippen molar-refractivity contribution < 1.29 is 0 Å². The lowest BCUT2D eigenvalue weighted by Crippen LogP contribution is -2.35. The van der Waals surface area contributed by atoms with E-state index in [1.807, 2.05) is 17.8 Å². The molecule has 0 aromatic carbocycles. The van der Waals surface area contributed by atoms with Gasteiger partial charge in [-0.15, -0.1) is 0 Å². The van der Waals surface area contributed by atoms with Crippen LogP contribution in [0.1, 0.15) is 58.7 Å². The molecule has 1 heterocycles. The summed E-state index contributed by atoms with van der Waals surface area (Å²) in [5, 5.41) is 3.56. The average Bonchev–Trinajstić information content (AvgIpc) is 2.45. The predicted molar refractivity (Wildman–Crippen MR) is 96.3 cm³/mol. The predicted octanol–water partition coefficient (Wildman–Crippen LogP) is 5.01. The van der Waals surface area contributed by atoms with Crippen molar-refractivity contribution in [2.75, 3.05) is 18.1 Å². The topological polar surface area (TPSA) is 37.8 Å². The highest BCUT2D eigenvalue weighted by Gasteiger charge is 2.31. The lowest BCUT2D eigenvalue weighted by atomic mass is 9.88. The van der Waals surface area contributed by atoms with Crippen molar-refractivity contribution in [3.8, 4) is 0 Å². The Labute approximate surface area is 141 Å². The molecule has 1 aliphatic rings. The molecule has 3 nitrogen and oxygen atoms in total. The normalized spacial score (nSPS) is 18.5. The zero-order chi connectivity index (χ0) is 15.5. The Morgan fingerprint density at radius 3 is 2.48 bits per heavy atom. The largest absolute Gasteiger partial charge is 0.369 e. The summed E-state index contributed by atoms with van der Waals surface area (Å²) >= 11 is 5.51. The van der Waals surface area contributed by atoms with Crippen molar-refractivity contribution in [1.29, 1.82) is 0 Å². The van der Waals surface area contributed by atoms with E-state index in [9.17, 15) is 0 Å². The molecule has 0 amide bonds. The molecule has 1 fully saturated rings. The first-order chi connectivity index (χ1) is 9.85. The molecule has 0 aliphatic heterocycles. The summed E-state index contributed by atoms with van der Waals surface area (Å²) in [6.07, 6.45) is 8.94. The molecule has 0 unspecified atom stereocenters. The van der Waals surface area contributed by atoms with Gasteiger partial charge >= 0.3 is 0 Å². The van der Waals surface area contributed by atoms with Gasteiger partial charge in [-0.1, -0.05) is 40.0 Å². The molecule has 1 aromatic heterocycles. The second-order valence-electron chi connectivity index (χ2n) is 6.95. The van der Waals surface area contributed by atoms with E-state index < -0.39 is 0 Å². The van der Waals surface area contributed by atoms with Crippen molar-refractivity contribution in [2.24, 2.45) is 0 Å². The summed E-state index contributed by atoms with van der Waals surface area (Å²) < 4.78 is 1.23. The third kappa shape index (κ3) is 4.59. The lowest BCUT2D eigenvalue weighted by Gasteiger charge is -2.36. The minimum Gasteiger partial charge on any atom is -0.369 e. The van der Waals surface area contributed by atoms with Crippen LogP contribution in [-0.2, 0) is 5.41 Å². The van der Waals surface area contributed by atoms with Crippen LogP contribution in [0.4, 0.5) is 5.82 Å². The van der Waals surface area contributed by atoms with E-state index in [4.69, 9.17) is 4.98 Å². The summed E-state index contributed by atoms with van der Waals surface area (Å²) in [5.74, 6) is 1.81. The van der Waals surface area contributed by atoms with E-state index >= 15 is 0 Å². The summed E-state index contributed by atoms with van der Waals surface area (Å²) in [5.41, 5.74) is -0.0394. The first kappa shape index (κ1) is 17.1. The molecular weight excluding hydrogens is 346 g/mol. The third-order valence-electron chi connectivity index (χ3n) is 4.16. The Bertz CT molecular complexity index is 479. The standard InChI is InChI=1S/C16H26BrN3S/c1-15(2,3)14-19-12(17)10-13(20-14)18-11-16(21-4)8-6-5-7-9-16/h10H,5-9,11H2,1-4H3,(H,18,19,20). The van der Waals surface area contributed by atoms with Gasteiger partial charge in [-0.25, -0.2) is 9.97 Å². The van der Waals surface area contributed by atoms with E-state index in [-0.39, 0.29) is 5.41 Å². The molecule has 2 rings (SSSR count). The Morgan fingerprint density at radius 1 is 1.24 bits per heavy atom. The van der Waals surface area contributed by atoms with Gasteiger partial charge in [0.25, 0.3) is 0 Å². The number of halogens is 1. The second-order valence-corrected chi connectivity index (χ2v) is 9.04. The van der Waals surface area contributed by atoms with Crippen LogP contribution in [0, 0.1) is 0 Å². The van der Waals surface area contributed by atoms with E-state index in [2.05, 4.69) is 53.3 Å². The van der Waals surface area contributed by atoms with Gasteiger partial charge in [-0.05, 0) is 35.0 Å². The molecule has 0 saturated heterocycles. The van der Waals surface area contributed by atoms with Crippen LogP contribution >= 0.6 is 27.7 Å². The van der Waals surface area contributed by atoms with Crippen LogP contribution in [-0.4, -0.2) is 27.5 Å². The summed E-state index contributed by atoms with van der Waals surface area (Å²) in [6.45, 7) is 7.41. The highest BCUT2D eigenvalue weighted by Crippen LogP contribution is 2.38. The third-order valence-corrected chi connectivity index (χ3v) is 5.98. The Kier molecular flexibility index (Phi) is 5.58. The number of hydrogen-bond donors (Lipinski definition) is 1. The van der Waals surface area contributed by atoms with Crippen molar-refractivity contribution in [2.45, 2.75) is 63.0 Å². The Balaban J connectivity index is 2.10. The van der Waals surface area contributed by atoms with Gasteiger partial charge in [0, 0.05) is 22.8 Å². The molecule has 1 aromatic rings. The smallest absolute Gasteiger partial charge is 0.137 e. The fourth-order valence-electron chi connectivity index (χ4n) is 2.74. The molecule has 1 N–H and O–H groups in total. The molecule has 0 bridgehead atoms. The van der Waals surface area contributed by atoms with Crippen LogP contribution in [0.5, 0.6) is 0 Å². The van der Waals surface area contributed by atoms with Gasteiger partial charge < -0.3 is 5.32 Å². The average molecular weight is 372 g/mol. The number of thioether (sulfide) groups is 1. The second kappa shape index (κ2) is 6.86. The first-order valence-corrected chi connectivity index (χ1v) is 9.71. The molecule has 118 valence electrons. The zero-order valence-electron chi connectivity index (χ0n) is 13.5. The van der Waals surface area contributed by atoms with Crippen LogP contribution in [0.25, 0.3) is 0 Å². The molecule has 0 spiro atoms. The maximum atomic E-state index is 4.69. The zero-order valence-corrected chi connectivity index (χ0v) is 15.9. The molecule has 5 heteroatoms. The number of hydrogen-bond acceptors (Lipinski definition) is 4.